The molecule has 1 aromatic rings. The van der Waals surface area contributed by atoms with Crippen molar-refractivity contribution >= 4 is 27.9 Å². The summed E-state index contributed by atoms with van der Waals surface area (Å²) in [7, 11) is 1.61. The lowest BCUT2D eigenvalue weighted by atomic mass is 9.98. The molecule has 4 N–H and O–H groups in total. The molecule has 1 saturated heterocycles. The van der Waals surface area contributed by atoms with Crippen LogP contribution in [0.5, 0.6) is 0 Å². The van der Waals surface area contributed by atoms with Crippen molar-refractivity contribution in [3.63, 3.8) is 0 Å². The largest absolute Gasteiger partial charge is 0.397 e. The second kappa shape index (κ2) is 5.58. The third-order valence-corrected chi connectivity index (χ3v) is 4.58. The summed E-state index contributed by atoms with van der Waals surface area (Å²) in [6, 6.07) is 1.87. The molecule has 0 saturated carbocycles. The number of amides is 1. The summed E-state index contributed by atoms with van der Waals surface area (Å²) < 4.78 is 0. The Labute approximate surface area is 111 Å². The summed E-state index contributed by atoms with van der Waals surface area (Å²) in [6.07, 6.45) is 1.98. The number of hydrogen-bond donors (Lipinski definition) is 3. The molecule has 0 unspecified atom stereocenters. The van der Waals surface area contributed by atoms with Crippen LogP contribution in [0, 0.1) is 5.92 Å². The smallest absolute Gasteiger partial charge is 0.263 e. The van der Waals surface area contributed by atoms with Gasteiger partial charge in [0.2, 0.25) is 0 Å². The highest BCUT2D eigenvalue weighted by molar-refractivity contribution is 7.18. The molecule has 2 heterocycles. The van der Waals surface area contributed by atoms with Crippen LogP contribution in [0.25, 0.3) is 0 Å². The molecular weight excluding hydrogens is 250 g/mol. The fraction of sp³-hybridized carbons (Fsp3) is 0.583. The van der Waals surface area contributed by atoms with Gasteiger partial charge in [-0.15, -0.1) is 11.3 Å². The quantitative estimate of drug-likeness (QED) is 0.762. The first-order valence-electron chi connectivity index (χ1n) is 6.13. The van der Waals surface area contributed by atoms with Gasteiger partial charge in [-0.05, 0) is 24.8 Å². The lowest BCUT2D eigenvalue weighted by molar-refractivity contribution is 0.0968. The summed E-state index contributed by atoms with van der Waals surface area (Å²) in [5, 5.41) is 12.8. The van der Waals surface area contributed by atoms with E-state index in [0.29, 0.717) is 16.5 Å². The van der Waals surface area contributed by atoms with Crippen LogP contribution in [0.4, 0.5) is 10.7 Å². The number of nitrogen functional groups attached to an aromatic ring is 1. The average molecular weight is 269 g/mol. The third-order valence-electron chi connectivity index (χ3n) is 3.37. The standard InChI is InChI=1S/C12H19N3O2S/c1-14-12(17)11-9(13)6-10(18-11)15-4-2-8(7-16)3-5-15/h6,8,16H,2-5,7,13H2,1H3,(H,14,17). The lowest BCUT2D eigenvalue weighted by Gasteiger charge is -2.31. The third kappa shape index (κ3) is 2.59. The van der Waals surface area contributed by atoms with E-state index >= 15 is 0 Å². The summed E-state index contributed by atoms with van der Waals surface area (Å²) in [6.45, 7) is 2.10. The highest BCUT2D eigenvalue weighted by atomic mass is 32.1. The maximum atomic E-state index is 11.6. The number of anilines is 2. The molecule has 1 fully saturated rings. The molecule has 0 bridgehead atoms. The van der Waals surface area contributed by atoms with Crippen LogP contribution in [0.2, 0.25) is 0 Å². The van der Waals surface area contributed by atoms with E-state index in [4.69, 9.17) is 10.8 Å². The number of nitrogens with one attached hydrogen (secondary N) is 1. The van der Waals surface area contributed by atoms with Crippen LogP contribution >= 0.6 is 11.3 Å². The second-order valence-electron chi connectivity index (χ2n) is 4.56. The Morgan fingerprint density at radius 3 is 2.83 bits per heavy atom. The molecule has 0 aromatic carbocycles. The number of aliphatic hydroxyl groups is 1. The Morgan fingerprint density at radius 1 is 1.61 bits per heavy atom. The van der Waals surface area contributed by atoms with E-state index < -0.39 is 0 Å². The molecule has 2 rings (SSSR count). The van der Waals surface area contributed by atoms with Crippen molar-refractivity contribution in [1.29, 1.82) is 0 Å². The van der Waals surface area contributed by atoms with Crippen molar-refractivity contribution in [2.24, 2.45) is 5.92 Å². The van der Waals surface area contributed by atoms with Crippen molar-refractivity contribution in [2.45, 2.75) is 12.8 Å². The van der Waals surface area contributed by atoms with Crippen LogP contribution in [0.3, 0.4) is 0 Å². The first-order valence-corrected chi connectivity index (χ1v) is 6.94. The Hall–Kier alpha value is -1.27. The Morgan fingerprint density at radius 2 is 2.28 bits per heavy atom. The van der Waals surface area contributed by atoms with Crippen LogP contribution in [-0.4, -0.2) is 37.8 Å². The predicted molar refractivity (Wildman–Crippen MR) is 74.1 cm³/mol. The van der Waals surface area contributed by atoms with Gasteiger partial charge in [-0.3, -0.25) is 4.79 Å². The number of carbonyl (C=O) groups is 1. The Kier molecular flexibility index (Phi) is 4.08. The van der Waals surface area contributed by atoms with Crippen molar-refractivity contribution in [3.8, 4) is 0 Å². The maximum absolute atomic E-state index is 11.6. The summed E-state index contributed by atoms with van der Waals surface area (Å²) >= 11 is 1.43. The highest BCUT2D eigenvalue weighted by Gasteiger charge is 2.22. The van der Waals surface area contributed by atoms with Gasteiger partial charge < -0.3 is 21.1 Å². The lowest BCUT2D eigenvalue weighted by Crippen LogP contribution is -2.34. The minimum absolute atomic E-state index is 0.131. The summed E-state index contributed by atoms with van der Waals surface area (Å²) in [4.78, 5) is 14.4. The molecule has 1 aliphatic rings. The van der Waals surface area contributed by atoms with E-state index in [-0.39, 0.29) is 12.5 Å². The molecule has 0 radical (unpaired) electrons. The zero-order valence-electron chi connectivity index (χ0n) is 10.5. The van der Waals surface area contributed by atoms with E-state index in [1.54, 1.807) is 7.05 Å². The van der Waals surface area contributed by atoms with Crippen molar-refractivity contribution in [2.75, 3.05) is 37.4 Å². The monoisotopic (exact) mass is 269 g/mol. The van der Waals surface area contributed by atoms with Gasteiger partial charge in [-0.2, -0.15) is 0 Å². The van der Waals surface area contributed by atoms with Crippen LogP contribution in [0.1, 0.15) is 22.5 Å². The topological polar surface area (TPSA) is 78.6 Å². The molecule has 5 nitrogen and oxygen atoms in total. The van der Waals surface area contributed by atoms with Gasteiger partial charge in [0.1, 0.15) is 4.88 Å². The number of nitrogens with zero attached hydrogens (tertiary/aromatic N) is 1. The number of nitrogens with two attached hydrogens (primary N) is 1. The van der Waals surface area contributed by atoms with E-state index in [1.807, 2.05) is 6.07 Å². The number of thiophene rings is 1. The average Bonchev–Trinajstić information content (AvgIpc) is 2.80. The zero-order valence-corrected chi connectivity index (χ0v) is 11.3. The van der Waals surface area contributed by atoms with Crippen LogP contribution < -0.4 is 16.0 Å². The molecule has 18 heavy (non-hydrogen) atoms. The predicted octanol–water partition coefficient (Wildman–Crippen LogP) is 0.899. The van der Waals surface area contributed by atoms with Gasteiger partial charge >= 0.3 is 0 Å². The van der Waals surface area contributed by atoms with Gasteiger partial charge in [0.15, 0.2) is 0 Å². The van der Waals surface area contributed by atoms with Gasteiger partial charge in [-0.25, -0.2) is 0 Å². The molecule has 0 spiro atoms. The molecule has 1 aromatic heterocycles. The van der Waals surface area contributed by atoms with Crippen molar-refractivity contribution in [1.82, 2.24) is 5.32 Å². The number of carbonyl (C=O) groups excluding carboxylic acids is 1. The van der Waals surface area contributed by atoms with Gasteiger partial charge in [0.05, 0.1) is 10.7 Å². The first kappa shape index (κ1) is 13.2. The highest BCUT2D eigenvalue weighted by Crippen LogP contribution is 2.34. The molecular formula is C12H19N3O2S. The normalized spacial score (nSPS) is 16.9. The Bertz CT molecular complexity index is 425. The van der Waals surface area contributed by atoms with Gasteiger partial charge in [-0.1, -0.05) is 0 Å². The molecule has 6 heteroatoms. The molecule has 0 aliphatic carbocycles. The van der Waals surface area contributed by atoms with Gasteiger partial charge in [0, 0.05) is 26.7 Å². The van der Waals surface area contributed by atoms with E-state index in [2.05, 4.69) is 10.2 Å². The maximum Gasteiger partial charge on any atom is 0.263 e. The van der Waals surface area contributed by atoms with Gasteiger partial charge in [0.25, 0.3) is 5.91 Å². The van der Waals surface area contributed by atoms with E-state index in [0.717, 1.165) is 30.9 Å². The molecule has 1 aliphatic heterocycles. The number of aliphatic hydroxyl groups excluding tert-OH is 1. The van der Waals surface area contributed by atoms with Crippen molar-refractivity contribution < 1.29 is 9.90 Å². The SMILES string of the molecule is CNC(=O)c1sc(N2CCC(CO)CC2)cc1N. The first-order chi connectivity index (χ1) is 8.65. The summed E-state index contributed by atoms with van der Waals surface area (Å²) in [5.74, 6) is 0.283. The molecule has 100 valence electrons. The van der Waals surface area contributed by atoms with E-state index in [9.17, 15) is 4.79 Å². The number of piperidine rings is 1. The van der Waals surface area contributed by atoms with Crippen LogP contribution in [-0.2, 0) is 0 Å². The fourth-order valence-corrected chi connectivity index (χ4v) is 3.25. The second-order valence-corrected chi connectivity index (χ2v) is 5.59. The number of hydrogen-bond acceptors (Lipinski definition) is 5. The number of rotatable bonds is 3. The fourth-order valence-electron chi connectivity index (χ4n) is 2.17. The minimum Gasteiger partial charge on any atom is -0.397 e. The van der Waals surface area contributed by atoms with Crippen LogP contribution in [0.15, 0.2) is 6.07 Å². The zero-order chi connectivity index (χ0) is 13.1. The van der Waals surface area contributed by atoms with Crippen molar-refractivity contribution in [3.05, 3.63) is 10.9 Å². The molecule has 1 amide bonds. The Balaban J connectivity index is 2.08. The minimum atomic E-state index is -0.131. The van der Waals surface area contributed by atoms with E-state index in [1.165, 1.54) is 11.3 Å². The summed E-state index contributed by atoms with van der Waals surface area (Å²) in [5.41, 5.74) is 6.40. The molecule has 0 atom stereocenters.